The van der Waals surface area contributed by atoms with Crippen LogP contribution in [0.5, 0.6) is 0 Å². The van der Waals surface area contributed by atoms with Gasteiger partial charge >= 0.3 is 6.97 Å². The molecule has 0 unspecified atom stereocenters. The Balaban J connectivity index is 2.25. The van der Waals surface area contributed by atoms with Crippen molar-refractivity contribution < 1.29 is 13.1 Å². The second kappa shape index (κ2) is 3.71. The fraction of sp³-hybridized carbons (Fsp3) is 0.400. The van der Waals surface area contributed by atoms with Crippen LogP contribution in [0.15, 0.2) is 23.4 Å². The van der Waals surface area contributed by atoms with E-state index in [9.17, 15) is 8.63 Å². The van der Waals surface area contributed by atoms with Gasteiger partial charge in [-0.2, -0.15) is 0 Å². The molecule has 0 atom stereocenters. The van der Waals surface area contributed by atoms with Crippen LogP contribution in [-0.4, -0.2) is 22.1 Å². The smallest absolute Gasteiger partial charge is 0.394 e. The monoisotopic (exact) mass is 276 g/mol. The first-order valence-electron chi connectivity index (χ1n) is 6.90. The molecule has 0 amide bonds. The highest BCUT2D eigenvalue weighted by Gasteiger charge is 2.51. The van der Waals surface area contributed by atoms with Crippen LogP contribution in [0.1, 0.15) is 37.7 Å². The number of hydrogen-bond acceptors (Lipinski definition) is 0. The topological polar surface area (TPSA) is 7.94 Å². The standard InChI is InChI=1S/C15H19BF2N2/c1-10-6-11(2)20-14(10)8-13-7-12(15(3,4)5)9-19(13)16(20,17)18/h6-9H,1-5H3. The number of aryl methyl sites for hydroxylation is 2. The van der Waals surface area contributed by atoms with Crippen LogP contribution in [-0.2, 0) is 0 Å². The van der Waals surface area contributed by atoms with Crippen LogP contribution in [0.2, 0.25) is 0 Å². The van der Waals surface area contributed by atoms with Crippen LogP contribution in [0.4, 0.5) is 8.63 Å². The van der Waals surface area contributed by atoms with Crippen molar-refractivity contribution in [1.82, 2.24) is 4.48 Å². The van der Waals surface area contributed by atoms with Gasteiger partial charge in [0, 0.05) is 23.4 Å². The van der Waals surface area contributed by atoms with Crippen molar-refractivity contribution in [2.24, 2.45) is 5.41 Å². The third kappa shape index (κ3) is 1.65. The van der Waals surface area contributed by atoms with Gasteiger partial charge in [0.05, 0.1) is 0 Å². The Morgan fingerprint density at radius 1 is 1.15 bits per heavy atom. The van der Waals surface area contributed by atoms with Gasteiger partial charge in [0.2, 0.25) is 0 Å². The van der Waals surface area contributed by atoms with E-state index in [1.54, 1.807) is 13.1 Å². The first kappa shape index (κ1) is 13.3. The lowest BCUT2D eigenvalue weighted by molar-refractivity contribution is -0.356. The Morgan fingerprint density at radius 3 is 2.40 bits per heavy atom. The second-order valence-corrected chi connectivity index (χ2v) is 6.77. The first-order chi connectivity index (χ1) is 9.12. The molecule has 1 aromatic heterocycles. The molecule has 5 heteroatoms. The number of rotatable bonds is 0. The maximum absolute atomic E-state index is 14.8. The number of nitrogens with zero attached hydrogens (tertiary/aromatic N) is 2. The Hall–Kier alpha value is -1.65. The summed E-state index contributed by atoms with van der Waals surface area (Å²) < 4.78 is 32.0. The van der Waals surface area contributed by atoms with E-state index < -0.39 is 6.97 Å². The Bertz CT molecular complexity index is 700. The van der Waals surface area contributed by atoms with E-state index in [2.05, 4.69) is 0 Å². The Kier molecular flexibility index (Phi) is 2.48. The minimum absolute atomic E-state index is 0.136. The van der Waals surface area contributed by atoms with Crippen molar-refractivity contribution in [3.63, 3.8) is 0 Å². The summed E-state index contributed by atoms with van der Waals surface area (Å²) in [5, 5.41) is 0. The summed E-state index contributed by atoms with van der Waals surface area (Å²) in [5.41, 5.74) is 3.52. The van der Waals surface area contributed by atoms with Gasteiger partial charge in [-0.1, -0.05) is 20.8 Å². The minimum atomic E-state index is -3.80. The molecule has 0 aromatic carbocycles. The quantitative estimate of drug-likeness (QED) is 0.638. The van der Waals surface area contributed by atoms with Crippen LogP contribution >= 0.6 is 0 Å². The Labute approximate surface area is 118 Å². The molecular formula is C15H19BF2N2. The van der Waals surface area contributed by atoms with Crippen molar-refractivity contribution in [2.45, 2.75) is 34.6 Å². The van der Waals surface area contributed by atoms with Crippen LogP contribution in [0, 0.1) is 19.3 Å². The van der Waals surface area contributed by atoms with Gasteiger partial charge in [0.25, 0.3) is 0 Å². The molecule has 0 bridgehead atoms. The molecule has 0 spiro atoms. The summed E-state index contributed by atoms with van der Waals surface area (Å²) in [6.45, 7) is 5.93. The highest BCUT2D eigenvalue weighted by atomic mass is 19.2. The van der Waals surface area contributed by atoms with E-state index in [1.807, 2.05) is 45.9 Å². The van der Waals surface area contributed by atoms with Gasteiger partial charge < -0.3 is 17.6 Å². The third-order valence-corrected chi connectivity index (χ3v) is 4.14. The van der Waals surface area contributed by atoms with Crippen molar-refractivity contribution >= 4 is 19.3 Å². The number of fused-ring (bicyclic) bond motifs is 2. The zero-order valence-corrected chi connectivity index (χ0v) is 12.5. The highest BCUT2D eigenvalue weighted by Crippen LogP contribution is 2.37. The van der Waals surface area contributed by atoms with Crippen molar-refractivity contribution in [3.8, 4) is 0 Å². The highest BCUT2D eigenvalue weighted by molar-refractivity contribution is 6.57. The maximum atomic E-state index is 14.8. The van der Waals surface area contributed by atoms with Gasteiger partial charge in [-0.25, -0.2) is 0 Å². The van der Waals surface area contributed by atoms with Gasteiger partial charge in [-0.15, -0.1) is 0 Å². The Morgan fingerprint density at radius 2 is 1.80 bits per heavy atom. The predicted molar refractivity (Wildman–Crippen MR) is 79.1 cm³/mol. The van der Waals surface area contributed by atoms with Crippen LogP contribution in [0.25, 0.3) is 6.08 Å². The molecule has 0 fully saturated rings. The predicted octanol–water partition coefficient (Wildman–Crippen LogP) is 3.75. The molecule has 20 heavy (non-hydrogen) atoms. The van der Waals surface area contributed by atoms with E-state index in [0.29, 0.717) is 17.1 Å². The second-order valence-electron chi connectivity index (χ2n) is 6.77. The summed E-state index contributed by atoms with van der Waals surface area (Å²) in [4.78, 5) is 0. The normalized spacial score (nSPS) is 20.1. The maximum Gasteiger partial charge on any atom is 0.737 e. The van der Waals surface area contributed by atoms with E-state index in [-0.39, 0.29) is 5.41 Å². The molecule has 3 heterocycles. The lowest BCUT2D eigenvalue weighted by Crippen LogP contribution is -2.49. The SMILES string of the molecule is Cc1cc(C)n2c1C=C1C=C(C(C)(C)C)C=[N+]1[B-]2(F)F. The number of halogens is 2. The van der Waals surface area contributed by atoms with Crippen molar-refractivity contribution in [3.05, 3.63) is 40.4 Å². The first-order valence-corrected chi connectivity index (χ1v) is 6.90. The molecular weight excluding hydrogens is 257 g/mol. The van der Waals surface area contributed by atoms with Gasteiger partial charge in [-0.05, 0) is 36.6 Å². The summed E-state index contributed by atoms with van der Waals surface area (Å²) in [7, 11) is 0. The van der Waals surface area contributed by atoms with Gasteiger partial charge in [0.1, 0.15) is 6.21 Å². The van der Waals surface area contributed by atoms with E-state index in [4.69, 9.17) is 0 Å². The van der Waals surface area contributed by atoms with E-state index in [1.165, 1.54) is 4.48 Å². The molecule has 0 radical (unpaired) electrons. The van der Waals surface area contributed by atoms with E-state index in [0.717, 1.165) is 15.6 Å². The van der Waals surface area contributed by atoms with Gasteiger partial charge in [0.15, 0.2) is 5.70 Å². The van der Waals surface area contributed by atoms with Crippen molar-refractivity contribution in [2.75, 3.05) is 0 Å². The molecule has 0 aliphatic carbocycles. The number of hydrogen-bond donors (Lipinski definition) is 0. The zero-order chi connectivity index (χ0) is 14.9. The van der Waals surface area contributed by atoms with Crippen LogP contribution < -0.4 is 0 Å². The fourth-order valence-corrected chi connectivity index (χ4v) is 2.99. The third-order valence-electron chi connectivity index (χ3n) is 4.14. The molecule has 1 aromatic rings. The molecule has 0 saturated heterocycles. The average Bonchev–Trinajstić information content (AvgIpc) is 2.82. The lowest BCUT2D eigenvalue weighted by atomic mass is 9.87. The fourth-order valence-electron chi connectivity index (χ4n) is 2.99. The number of allylic oxidation sites excluding steroid dienone is 2. The van der Waals surface area contributed by atoms with Crippen LogP contribution in [0.3, 0.4) is 0 Å². The summed E-state index contributed by atoms with van der Waals surface area (Å²) in [5.74, 6) is 0. The summed E-state index contributed by atoms with van der Waals surface area (Å²) >= 11 is 0. The lowest BCUT2D eigenvalue weighted by Gasteiger charge is -2.29. The van der Waals surface area contributed by atoms with E-state index >= 15 is 0 Å². The van der Waals surface area contributed by atoms with Gasteiger partial charge in [-0.3, -0.25) is 0 Å². The molecule has 2 nitrogen and oxygen atoms in total. The minimum Gasteiger partial charge on any atom is -0.394 e. The molecule has 2 aliphatic heterocycles. The molecule has 2 aliphatic rings. The molecule has 0 saturated carbocycles. The largest absolute Gasteiger partial charge is 0.737 e. The van der Waals surface area contributed by atoms with Crippen molar-refractivity contribution in [1.29, 1.82) is 0 Å². The number of aromatic nitrogens is 1. The molecule has 0 N–H and O–H groups in total. The zero-order valence-electron chi connectivity index (χ0n) is 12.5. The average molecular weight is 276 g/mol. The summed E-state index contributed by atoms with van der Waals surface area (Å²) in [6.07, 6.45) is 5.33. The summed E-state index contributed by atoms with van der Waals surface area (Å²) in [6, 6.07) is 1.82. The molecule has 106 valence electrons. The molecule has 3 rings (SSSR count).